The van der Waals surface area contributed by atoms with E-state index in [0.29, 0.717) is 5.56 Å². The maximum Gasteiger partial charge on any atom is 0.307 e. The number of aromatic nitrogens is 2. The van der Waals surface area contributed by atoms with Crippen molar-refractivity contribution in [1.82, 2.24) is 9.97 Å². The molecule has 0 unspecified atom stereocenters. The van der Waals surface area contributed by atoms with Gasteiger partial charge in [0.05, 0.1) is 6.42 Å². The van der Waals surface area contributed by atoms with Gasteiger partial charge in [0, 0.05) is 17.0 Å². The summed E-state index contributed by atoms with van der Waals surface area (Å²) in [4.78, 5) is 18.3. The summed E-state index contributed by atoms with van der Waals surface area (Å²) in [7, 11) is 0. The highest BCUT2D eigenvalue weighted by molar-refractivity contribution is 5.70. The molecule has 0 saturated carbocycles. The van der Waals surface area contributed by atoms with Crippen LogP contribution in [-0.2, 0) is 11.2 Å². The number of carboxylic acid groups (broad SMARTS) is 1. The molecule has 4 nitrogen and oxygen atoms in total. The highest BCUT2D eigenvalue weighted by Gasteiger charge is 2.07. The van der Waals surface area contributed by atoms with Gasteiger partial charge in [-0.05, 0) is 13.8 Å². The molecular weight excluding hydrogens is 156 g/mol. The van der Waals surface area contributed by atoms with E-state index in [0.717, 1.165) is 11.4 Å². The van der Waals surface area contributed by atoms with Crippen LogP contribution in [0.1, 0.15) is 17.0 Å². The molecule has 0 amide bonds. The minimum Gasteiger partial charge on any atom is -0.481 e. The Hall–Kier alpha value is -1.45. The molecule has 0 radical (unpaired) electrons. The number of carbonyl (C=O) groups is 1. The summed E-state index contributed by atoms with van der Waals surface area (Å²) in [6.07, 6.45) is 1.44. The van der Waals surface area contributed by atoms with Crippen molar-refractivity contribution >= 4 is 5.97 Å². The molecule has 0 aliphatic carbocycles. The Bertz CT molecular complexity index is 290. The SMILES string of the molecule is Cc1ncnc(C)c1CC(=O)O. The molecule has 0 bridgehead atoms. The van der Waals surface area contributed by atoms with Crippen LogP contribution < -0.4 is 0 Å². The van der Waals surface area contributed by atoms with E-state index in [-0.39, 0.29) is 6.42 Å². The minimum atomic E-state index is -0.851. The van der Waals surface area contributed by atoms with E-state index in [4.69, 9.17) is 5.11 Å². The maximum absolute atomic E-state index is 10.4. The molecule has 0 aromatic carbocycles. The van der Waals surface area contributed by atoms with E-state index in [9.17, 15) is 4.79 Å². The first-order valence-corrected chi connectivity index (χ1v) is 3.60. The smallest absolute Gasteiger partial charge is 0.307 e. The Morgan fingerprint density at radius 3 is 2.33 bits per heavy atom. The molecule has 4 heteroatoms. The van der Waals surface area contributed by atoms with Crippen LogP contribution in [0.25, 0.3) is 0 Å². The molecule has 12 heavy (non-hydrogen) atoms. The molecule has 0 atom stereocenters. The van der Waals surface area contributed by atoms with Gasteiger partial charge < -0.3 is 5.11 Å². The van der Waals surface area contributed by atoms with Crippen molar-refractivity contribution in [2.45, 2.75) is 20.3 Å². The molecule has 0 fully saturated rings. The number of hydrogen-bond donors (Lipinski definition) is 1. The third-order valence-corrected chi connectivity index (χ3v) is 1.70. The van der Waals surface area contributed by atoms with Gasteiger partial charge in [-0.25, -0.2) is 9.97 Å². The fourth-order valence-electron chi connectivity index (χ4n) is 1.03. The number of rotatable bonds is 2. The lowest BCUT2D eigenvalue weighted by Crippen LogP contribution is -2.06. The van der Waals surface area contributed by atoms with Crippen LogP contribution in [0.4, 0.5) is 0 Å². The second-order valence-corrected chi connectivity index (χ2v) is 2.59. The topological polar surface area (TPSA) is 63.1 Å². The fourth-order valence-corrected chi connectivity index (χ4v) is 1.03. The molecule has 1 heterocycles. The zero-order chi connectivity index (χ0) is 9.14. The van der Waals surface area contributed by atoms with E-state index in [1.54, 1.807) is 13.8 Å². The van der Waals surface area contributed by atoms with Crippen molar-refractivity contribution in [2.75, 3.05) is 0 Å². The van der Waals surface area contributed by atoms with Gasteiger partial charge in [-0.3, -0.25) is 4.79 Å². The molecule has 0 spiro atoms. The average molecular weight is 166 g/mol. The van der Waals surface area contributed by atoms with Gasteiger partial charge in [0.25, 0.3) is 0 Å². The van der Waals surface area contributed by atoms with Crippen molar-refractivity contribution in [1.29, 1.82) is 0 Å². The number of nitrogens with zero attached hydrogens (tertiary/aromatic N) is 2. The molecule has 1 aromatic rings. The lowest BCUT2D eigenvalue weighted by atomic mass is 10.1. The van der Waals surface area contributed by atoms with Crippen molar-refractivity contribution < 1.29 is 9.90 Å². The van der Waals surface area contributed by atoms with Gasteiger partial charge in [-0.1, -0.05) is 0 Å². The highest BCUT2D eigenvalue weighted by Crippen LogP contribution is 2.08. The Morgan fingerprint density at radius 1 is 1.42 bits per heavy atom. The summed E-state index contributed by atoms with van der Waals surface area (Å²) >= 11 is 0. The second kappa shape index (κ2) is 3.30. The highest BCUT2D eigenvalue weighted by atomic mass is 16.4. The first-order chi connectivity index (χ1) is 5.61. The van der Waals surface area contributed by atoms with E-state index >= 15 is 0 Å². The first-order valence-electron chi connectivity index (χ1n) is 3.60. The quantitative estimate of drug-likeness (QED) is 0.703. The van der Waals surface area contributed by atoms with Crippen LogP contribution in [0.5, 0.6) is 0 Å². The minimum absolute atomic E-state index is 0.00148. The molecule has 0 aliphatic rings. The van der Waals surface area contributed by atoms with Crippen LogP contribution >= 0.6 is 0 Å². The van der Waals surface area contributed by atoms with Gasteiger partial charge in [0.15, 0.2) is 0 Å². The van der Waals surface area contributed by atoms with E-state index in [1.165, 1.54) is 6.33 Å². The molecule has 1 N–H and O–H groups in total. The lowest BCUT2D eigenvalue weighted by Gasteiger charge is -2.03. The normalized spacial score (nSPS) is 9.83. The van der Waals surface area contributed by atoms with Crippen molar-refractivity contribution in [3.05, 3.63) is 23.3 Å². The summed E-state index contributed by atoms with van der Waals surface area (Å²) < 4.78 is 0. The zero-order valence-electron chi connectivity index (χ0n) is 7.03. The molecule has 0 saturated heterocycles. The molecular formula is C8H10N2O2. The standard InChI is InChI=1S/C8H10N2O2/c1-5-7(3-8(11)12)6(2)10-4-9-5/h4H,3H2,1-2H3,(H,11,12). The number of hydrogen-bond acceptors (Lipinski definition) is 3. The fraction of sp³-hybridized carbons (Fsp3) is 0.375. The van der Waals surface area contributed by atoms with E-state index < -0.39 is 5.97 Å². The van der Waals surface area contributed by atoms with Crippen LogP contribution in [-0.4, -0.2) is 21.0 Å². The summed E-state index contributed by atoms with van der Waals surface area (Å²) in [5, 5.41) is 8.56. The molecule has 1 rings (SSSR count). The second-order valence-electron chi connectivity index (χ2n) is 2.59. The Labute approximate surface area is 70.3 Å². The van der Waals surface area contributed by atoms with Crippen molar-refractivity contribution in [3.8, 4) is 0 Å². The third-order valence-electron chi connectivity index (χ3n) is 1.70. The molecule has 1 aromatic heterocycles. The van der Waals surface area contributed by atoms with Gasteiger partial charge in [0.2, 0.25) is 0 Å². The molecule has 64 valence electrons. The van der Waals surface area contributed by atoms with Crippen LogP contribution in [0.2, 0.25) is 0 Å². The summed E-state index contributed by atoms with van der Waals surface area (Å²) in [6.45, 7) is 3.57. The Balaban J connectivity index is 3.04. The Morgan fingerprint density at radius 2 is 1.92 bits per heavy atom. The monoisotopic (exact) mass is 166 g/mol. The third kappa shape index (κ3) is 1.78. The predicted octanol–water partition coefficient (Wildman–Crippen LogP) is 0.721. The van der Waals surface area contributed by atoms with Crippen molar-refractivity contribution in [3.63, 3.8) is 0 Å². The van der Waals surface area contributed by atoms with Crippen LogP contribution in [0.15, 0.2) is 6.33 Å². The van der Waals surface area contributed by atoms with Gasteiger partial charge in [-0.2, -0.15) is 0 Å². The van der Waals surface area contributed by atoms with Crippen LogP contribution in [0, 0.1) is 13.8 Å². The zero-order valence-corrected chi connectivity index (χ0v) is 7.03. The lowest BCUT2D eigenvalue weighted by molar-refractivity contribution is -0.136. The van der Waals surface area contributed by atoms with Crippen molar-refractivity contribution in [2.24, 2.45) is 0 Å². The molecule has 0 aliphatic heterocycles. The van der Waals surface area contributed by atoms with Gasteiger partial charge >= 0.3 is 5.97 Å². The van der Waals surface area contributed by atoms with Gasteiger partial charge in [0.1, 0.15) is 6.33 Å². The van der Waals surface area contributed by atoms with Gasteiger partial charge in [-0.15, -0.1) is 0 Å². The van der Waals surface area contributed by atoms with Crippen LogP contribution in [0.3, 0.4) is 0 Å². The number of aliphatic carboxylic acids is 1. The average Bonchev–Trinajstić information content (AvgIpc) is 1.97. The summed E-state index contributed by atoms with van der Waals surface area (Å²) in [5.74, 6) is -0.851. The summed E-state index contributed by atoms with van der Waals surface area (Å²) in [5.41, 5.74) is 2.19. The largest absolute Gasteiger partial charge is 0.481 e. The number of aryl methyl sites for hydroxylation is 2. The predicted molar refractivity (Wildman–Crippen MR) is 42.8 cm³/mol. The summed E-state index contributed by atoms with van der Waals surface area (Å²) in [6, 6.07) is 0. The van der Waals surface area contributed by atoms with E-state index in [1.807, 2.05) is 0 Å². The Kier molecular flexibility index (Phi) is 2.38. The maximum atomic E-state index is 10.4. The first kappa shape index (κ1) is 8.64. The van der Waals surface area contributed by atoms with E-state index in [2.05, 4.69) is 9.97 Å². The number of carboxylic acids is 1.